The Morgan fingerprint density at radius 1 is 0.962 bits per heavy atom. The van der Waals surface area contributed by atoms with Gasteiger partial charge in [0.05, 0.1) is 11.3 Å². The van der Waals surface area contributed by atoms with Crippen LogP contribution in [0.5, 0.6) is 0 Å². The van der Waals surface area contributed by atoms with Crippen molar-refractivity contribution in [2.45, 2.75) is 0 Å². The average molecular weight is 350 g/mol. The van der Waals surface area contributed by atoms with Crippen molar-refractivity contribution in [1.82, 2.24) is 14.5 Å². The number of anilines is 1. The van der Waals surface area contributed by atoms with Gasteiger partial charge in [-0.1, -0.05) is 6.07 Å². The molecular weight excluding hydrogens is 331 g/mol. The van der Waals surface area contributed by atoms with Crippen molar-refractivity contribution in [1.29, 1.82) is 0 Å². The summed E-state index contributed by atoms with van der Waals surface area (Å²) in [6.07, 6.45) is 5.47. The molecule has 1 aliphatic rings. The molecule has 0 spiro atoms. The third kappa shape index (κ3) is 3.18. The zero-order valence-corrected chi connectivity index (χ0v) is 14.3. The number of nitrogens with zero attached hydrogens (tertiary/aromatic N) is 4. The molecule has 1 aliphatic heterocycles. The van der Waals surface area contributed by atoms with Gasteiger partial charge < -0.3 is 14.4 Å². The highest BCUT2D eigenvalue weighted by atomic mass is 19.1. The maximum absolute atomic E-state index is 13.8. The van der Waals surface area contributed by atoms with Gasteiger partial charge in [0.15, 0.2) is 0 Å². The molecule has 0 saturated carbocycles. The van der Waals surface area contributed by atoms with Gasteiger partial charge in [0.1, 0.15) is 11.6 Å². The van der Waals surface area contributed by atoms with Crippen LogP contribution in [-0.2, 0) is 0 Å². The molecule has 1 saturated heterocycles. The molecule has 0 atom stereocenters. The van der Waals surface area contributed by atoms with Gasteiger partial charge >= 0.3 is 0 Å². The zero-order valence-electron chi connectivity index (χ0n) is 14.3. The Kier molecular flexibility index (Phi) is 4.39. The summed E-state index contributed by atoms with van der Waals surface area (Å²) in [7, 11) is 0. The van der Waals surface area contributed by atoms with E-state index in [9.17, 15) is 9.18 Å². The molecule has 1 amide bonds. The normalized spacial score (nSPS) is 14.5. The van der Waals surface area contributed by atoms with E-state index in [1.54, 1.807) is 17.2 Å². The molecule has 0 aliphatic carbocycles. The molecule has 3 aromatic rings. The third-order valence-electron chi connectivity index (χ3n) is 4.61. The molecule has 132 valence electrons. The lowest BCUT2D eigenvalue weighted by atomic mass is 10.1. The molecule has 0 bridgehead atoms. The molecule has 4 rings (SSSR count). The van der Waals surface area contributed by atoms with E-state index in [1.807, 2.05) is 47.3 Å². The van der Waals surface area contributed by atoms with Crippen LogP contribution >= 0.6 is 0 Å². The van der Waals surface area contributed by atoms with Crippen molar-refractivity contribution in [2.24, 2.45) is 0 Å². The van der Waals surface area contributed by atoms with Crippen molar-refractivity contribution in [3.05, 3.63) is 78.5 Å². The quantitative estimate of drug-likeness (QED) is 0.729. The predicted octanol–water partition coefficient (Wildman–Crippen LogP) is 2.97. The largest absolute Gasteiger partial charge is 0.353 e. The van der Waals surface area contributed by atoms with Gasteiger partial charge in [-0.3, -0.25) is 4.79 Å². The van der Waals surface area contributed by atoms with Crippen LogP contribution in [0.2, 0.25) is 0 Å². The fourth-order valence-corrected chi connectivity index (χ4v) is 3.25. The van der Waals surface area contributed by atoms with Crippen LogP contribution in [0.3, 0.4) is 0 Å². The van der Waals surface area contributed by atoms with Crippen molar-refractivity contribution in [3.8, 4) is 5.69 Å². The minimum atomic E-state index is -0.406. The van der Waals surface area contributed by atoms with E-state index in [4.69, 9.17) is 0 Å². The molecule has 0 N–H and O–H groups in total. The SMILES string of the molecule is O=C(c1cc(F)ccc1-n1cccc1)N1CCN(c2ccccn2)CC1. The summed E-state index contributed by atoms with van der Waals surface area (Å²) in [5, 5.41) is 0. The summed E-state index contributed by atoms with van der Waals surface area (Å²) in [5.74, 6) is 0.364. The van der Waals surface area contributed by atoms with Gasteiger partial charge in [-0.05, 0) is 42.5 Å². The lowest BCUT2D eigenvalue weighted by molar-refractivity contribution is 0.0746. The molecule has 2 aromatic heterocycles. The van der Waals surface area contributed by atoms with E-state index in [0.717, 1.165) is 5.82 Å². The number of carbonyl (C=O) groups is 1. The molecule has 0 unspecified atom stereocenters. The van der Waals surface area contributed by atoms with E-state index in [-0.39, 0.29) is 5.91 Å². The van der Waals surface area contributed by atoms with Crippen LogP contribution in [0.4, 0.5) is 10.2 Å². The standard InChI is InChI=1S/C20H19FN4O/c21-16-6-7-18(23-9-3-4-10-23)17(15-16)20(26)25-13-11-24(12-14-25)19-5-1-2-8-22-19/h1-10,15H,11-14H2. The first-order chi connectivity index (χ1) is 12.7. The number of amides is 1. The number of hydrogen-bond acceptors (Lipinski definition) is 3. The number of benzene rings is 1. The molecule has 3 heterocycles. The highest BCUT2D eigenvalue weighted by molar-refractivity contribution is 5.98. The summed E-state index contributed by atoms with van der Waals surface area (Å²) in [6, 6.07) is 13.9. The zero-order chi connectivity index (χ0) is 17.9. The summed E-state index contributed by atoms with van der Waals surface area (Å²) in [4.78, 5) is 21.3. The van der Waals surface area contributed by atoms with E-state index in [0.29, 0.717) is 37.4 Å². The summed E-state index contributed by atoms with van der Waals surface area (Å²) in [6.45, 7) is 2.57. The summed E-state index contributed by atoms with van der Waals surface area (Å²) < 4.78 is 15.6. The van der Waals surface area contributed by atoms with E-state index in [2.05, 4.69) is 9.88 Å². The van der Waals surface area contributed by atoms with Gasteiger partial charge in [0.2, 0.25) is 0 Å². The minimum absolute atomic E-state index is 0.145. The maximum atomic E-state index is 13.8. The van der Waals surface area contributed by atoms with Gasteiger partial charge in [-0.2, -0.15) is 0 Å². The Balaban J connectivity index is 1.53. The Morgan fingerprint density at radius 3 is 2.42 bits per heavy atom. The van der Waals surface area contributed by atoms with Crippen molar-refractivity contribution in [3.63, 3.8) is 0 Å². The molecule has 0 radical (unpaired) electrons. The minimum Gasteiger partial charge on any atom is -0.353 e. The highest BCUT2D eigenvalue weighted by Gasteiger charge is 2.25. The molecule has 1 aromatic carbocycles. The van der Waals surface area contributed by atoms with Gasteiger partial charge in [0.25, 0.3) is 5.91 Å². The van der Waals surface area contributed by atoms with Crippen LogP contribution in [0.25, 0.3) is 5.69 Å². The lowest BCUT2D eigenvalue weighted by Gasteiger charge is -2.35. The third-order valence-corrected chi connectivity index (χ3v) is 4.61. The number of carbonyl (C=O) groups excluding carboxylic acids is 1. The molecule has 1 fully saturated rings. The molecular formula is C20H19FN4O. The fraction of sp³-hybridized carbons (Fsp3) is 0.200. The first-order valence-electron chi connectivity index (χ1n) is 8.60. The van der Waals surface area contributed by atoms with Crippen LogP contribution < -0.4 is 4.90 Å². The van der Waals surface area contributed by atoms with Gasteiger partial charge in [0, 0.05) is 44.8 Å². The predicted molar refractivity (Wildman–Crippen MR) is 98.1 cm³/mol. The number of aromatic nitrogens is 2. The number of rotatable bonds is 3. The van der Waals surface area contributed by atoms with Crippen molar-refractivity contribution < 1.29 is 9.18 Å². The van der Waals surface area contributed by atoms with E-state index < -0.39 is 5.82 Å². The monoisotopic (exact) mass is 350 g/mol. The first kappa shape index (κ1) is 16.3. The molecule has 26 heavy (non-hydrogen) atoms. The number of hydrogen-bond donors (Lipinski definition) is 0. The Morgan fingerprint density at radius 2 is 1.73 bits per heavy atom. The van der Waals surface area contributed by atoms with Crippen molar-refractivity contribution >= 4 is 11.7 Å². The van der Waals surface area contributed by atoms with E-state index >= 15 is 0 Å². The topological polar surface area (TPSA) is 41.4 Å². The highest BCUT2D eigenvalue weighted by Crippen LogP contribution is 2.20. The summed E-state index contributed by atoms with van der Waals surface area (Å²) >= 11 is 0. The second-order valence-electron chi connectivity index (χ2n) is 6.22. The number of halogens is 1. The summed E-state index contributed by atoms with van der Waals surface area (Å²) in [5.41, 5.74) is 1.07. The second-order valence-corrected chi connectivity index (χ2v) is 6.22. The lowest BCUT2D eigenvalue weighted by Crippen LogP contribution is -2.49. The van der Waals surface area contributed by atoms with Crippen molar-refractivity contribution in [2.75, 3.05) is 31.1 Å². The fourth-order valence-electron chi connectivity index (χ4n) is 3.25. The Labute approximate surface area is 151 Å². The second kappa shape index (κ2) is 7.00. The van der Waals surface area contributed by atoms with Crippen LogP contribution in [-0.4, -0.2) is 46.5 Å². The van der Waals surface area contributed by atoms with E-state index in [1.165, 1.54) is 12.1 Å². The van der Waals surface area contributed by atoms with Crippen LogP contribution in [0.1, 0.15) is 10.4 Å². The van der Waals surface area contributed by atoms with Crippen LogP contribution in [0.15, 0.2) is 67.1 Å². The number of piperazine rings is 1. The maximum Gasteiger partial charge on any atom is 0.256 e. The van der Waals surface area contributed by atoms with Gasteiger partial charge in [-0.25, -0.2) is 9.37 Å². The smallest absolute Gasteiger partial charge is 0.256 e. The van der Waals surface area contributed by atoms with Crippen LogP contribution in [0, 0.1) is 5.82 Å². The number of pyridine rings is 1. The molecule has 6 heteroatoms. The molecule has 5 nitrogen and oxygen atoms in total. The average Bonchev–Trinajstić information content (AvgIpc) is 3.23. The Hall–Kier alpha value is -3.15. The van der Waals surface area contributed by atoms with Gasteiger partial charge in [-0.15, -0.1) is 0 Å². The first-order valence-corrected chi connectivity index (χ1v) is 8.60. The Bertz CT molecular complexity index is 887.